The van der Waals surface area contributed by atoms with E-state index in [4.69, 9.17) is 9.47 Å². The first-order valence-corrected chi connectivity index (χ1v) is 8.44. The lowest BCUT2D eigenvalue weighted by Crippen LogP contribution is -2.46. The molecule has 0 radical (unpaired) electrons. The average molecular weight is 308 g/mol. The van der Waals surface area contributed by atoms with E-state index in [0.717, 1.165) is 38.5 Å². The molecule has 0 N–H and O–H groups in total. The molecule has 22 heavy (non-hydrogen) atoms. The number of carbonyl (C=O) groups excluding carboxylic acids is 2. The first kappa shape index (κ1) is 17.0. The molecule has 0 aliphatic heterocycles. The van der Waals surface area contributed by atoms with Gasteiger partial charge in [-0.2, -0.15) is 0 Å². The van der Waals surface area contributed by atoms with Crippen LogP contribution in [0.1, 0.15) is 66.2 Å². The van der Waals surface area contributed by atoms with Crippen molar-refractivity contribution in [3.63, 3.8) is 0 Å². The van der Waals surface area contributed by atoms with E-state index in [9.17, 15) is 9.59 Å². The van der Waals surface area contributed by atoms with E-state index in [1.54, 1.807) is 0 Å². The molecule has 124 valence electrons. The number of ether oxygens (including phenoxy) is 2. The SMILES string of the molecule is CC(C)C1(OC(=O)/C=C/C(=O)OC2(C(C)C)CCC2)CCC1. The summed E-state index contributed by atoms with van der Waals surface area (Å²) in [6, 6.07) is 0. The first-order valence-electron chi connectivity index (χ1n) is 8.44. The van der Waals surface area contributed by atoms with Crippen molar-refractivity contribution in [3.05, 3.63) is 12.2 Å². The molecule has 0 aromatic carbocycles. The number of carbonyl (C=O) groups is 2. The van der Waals surface area contributed by atoms with Crippen molar-refractivity contribution in [1.82, 2.24) is 0 Å². The summed E-state index contributed by atoms with van der Waals surface area (Å²) in [6.07, 6.45) is 8.23. The highest BCUT2D eigenvalue weighted by Gasteiger charge is 2.44. The van der Waals surface area contributed by atoms with Crippen molar-refractivity contribution >= 4 is 11.9 Å². The molecule has 2 aliphatic rings. The molecule has 0 aromatic heterocycles. The van der Waals surface area contributed by atoms with E-state index in [-0.39, 0.29) is 11.2 Å². The van der Waals surface area contributed by atoms with Crippen LogP contribution in [-0.4, -0.2) is 23.1 Å². The summed E-state index contributed by atoms with van der Waals surface area (Å²) in [7, 11) is 0. The second-order valence-electron chi connectivity index (χ2n) is 7.32. The minimum absolute atomic E-state index is 0.296. The molecule has 4 heteroatoms. The molecule has 0 saturated heterocycles. The maximum atomic E-state index is 11.9. The van der Waals surface area contributed by atoms with Gasteiger partial charge in [-0.25, -0.2) is 9.59 Å². The van der Waals surface area contributed by atoms with E-state index in [1.807, 2.05) is 0 Å². The largest absolute Gasteiger partial charge is 0.456 e. The molecule has 2 fully saturated rings. The van der Waals surface area contributed by atoms with Crippen molar-refractivity contribution in [1.29, 1.82) is 0 Å². The summed E-state index contributed by atoms with van der Waals surface area (Å²) in [6.45, 7) is 8.25. The van der Waals surface area contributed by atoms with Gasteiger partial charge in [0, 0.05) is 12.2 Å². The van der Waals surface area contributed by atoms with Crippen molar-refractivity contribution < 1.29 is 19.1 Å². The van der Waals surface area contributed by atoms with Gasteiger partial charge in [-0.05, 0) is 50.4 Å². The van der Waals surface area contributed by atoms with Crippen LogP contribution in [0.25, 0.3) is 0 Å². The Hall–Kier alpha value is -1.32. The number of hydrogen-bond donors (Lipinski definition) is 0. The molecule has 2 rings (SSSR count). The molecular formula is C18H28O4. The van der Waals surface area contributed by atoms with Crippen LogP contribution in [0.4, 0.5) is 0 Å². The van der Waals surface area contributed by atoms with Gasteiger partial charge in [-0.1, -0.05) is 27.7 Å². The summed E-state index contributed by atoms with van der Waals surface area (Å²) in [5.74, 6) is -0.301. The summed E-state index contributed by atoms with van der Waals surface area (Å²) in [5.41, 5.74) is -0.670. The molecule has 0 aromatic rings. The highest BCUT2D eigenvalue weighted by molar-refractivity contribution is 5.92. The van der Waals surface area contributed by atoms with Gasteiger partial charge in [0.25, 0.3) is 0 Å². The van der Waals surface area contributed by atoms with E-state index >= 15 is 0 Å². The Morgan fingerprint density at radius 3 is 1.27 bits per heavy atom. The zero-order valence-electron chi connectivity index (χ0n) is 14.2. The summed E-state index contributed by atoms with van der Waals surface area (Å²) in [5, 5.41) is 0. The van der Waals surface area contributed by atoms with Gasteiger partial charge < -0.3 is 9.47 Å². The van der Waals surface area contributed by atoms with Gasteiger partial charge in [0.15, 0.2) is 0 Å². The van der Waals surface area contributed by atoms with Crippen LogP contribution in [0.15, 0.2) is 12.2 Å². The van der Waals surface area contributed by atoms with Crippen LogP contribution in [0, 0.1) is 11.8 Å². The number of hydrogen-bond acceptors (Lipinski definition) is 4. The van der Waals surface area contributed by atoms with E-state index in [0.29, 0.717) is 11.8 Å². The Labute approximate surface area is 133 Å². The average Bonchev–Trinajstić information content (AvgIpc) is 2.34. The highest BCUT2D eigenvalue weighted by atomic mass is 16.6. The van der Waals surface area contributed by atoms with Gasteiger partial charge in [-0.3, -0.25) is 0 Å². The van der Waals surface area contributed by atoms with Crippen LogP contribution < -0.4 is 0 Å². The second kappa shape index (κ2) is 6.43. The monoisotopic (exact) mass is 308 g/mol. The lowest BCUT2D eigenvalue weighted by Gasteiger charge is -2.44. The fourth-order valence-corrected chi connectivity index (χ4v) is 3.25. The molecule has 2 saturated carbocycles. The van der Waals surface area contributed by atoms with Gasteiger partial charge in [-0.15, -0.1) is 0 Å². The lowest BCUT2D eigenvalue weighted by atomic mass is 9.72. The Morgan fingerprint density at radius 2 is 1.09 bits per heavy atom. The van der Waals surface area contributed by atoms with Crippen LogP contribution in [0.3, 0.4) is 0 Å². The van der Waals surface area contributed by atoms with E-state index in [2.05, 4.69) is 27.7 Å². The molecule has 0 amide bonds. The first-order chi connectivity index (χ1) is 10.3. The number of esters is 2. The predicted molar refractivity (Wildman–Crippen MR) is 84.2 cm³/mol. The fourth-order valence-electron chi connectivity index (χ4n) is 3.25. The van der Waals surface area contributed by atoms with Gasteiger partial charge >= 0.3 is 11.9 Å². The second-order valence-corrected chi connectivity index (χ2v) is 7.32. The molecule has 0 atom stereocenters. The predicted octanol–water partition coefficient (Wildman–Crippen LogP) is 3.79. The minimum Gasteiger partial charge on any atom is -0.456 e. The van der Waals surface area contributed by atoms with Gasteiger partial charge in [0.1, 0.15) is 11.2 Å². The molecule has 0 bridgehead atoms. The van der Waals surface area contributed by atoms with E-state index < -0.39 is 11.9 Å². The van der Waals surface area contributed by atoms with Crippen LogP contribution in [0.5, 0.6) is 0 Å². The van der Waals surface area contributed by atoms with Crippen LogP contribution in [0.2, 0.25) is 0 Å². The quantitative estimate of drug-likeness (QED) is 0.553. The van der Waals surface area contributed by atoms with Crippen molar-refractivity contribution in [2.45, 2.75) is 77.4 Å². The van der Waals surface area contributed by atoms with Crippen LogP contribution in [-0.2, 0) is 19.1 Å². The topological polar surface area (TPSA) is 52.6 Å². The molecule has 0 spiro atoms. The lowest BCUT2D eigenvalue weighted by molar-refractivity contribution is -0.174. The highest BCUT2D eigenvalue weighted by Crippen LogP contribution is 2.42. The third-order valence-electron chi connectivity index (χ3n) is 5.47. The summed E-state index contributed by atoms with van der Waals surface area (Å²) < 4.78 is 11.1. The molecule has 2 aliphatic carbocycles. The maximum Gasteiger partial charge on any atom is 0.331 e. The standard InChI is InChI=1S/C18H28O4/c1-13(2)17(9-5-10-17)21-15(19)7-8-16(20)22-18(14(3)4)11-6-12-18/h7-8,13-14H,5-6,9-12H2,1-4H3/b8-7+. The van der Waals surface area contributed by atoms with Gasteiger partial charge in [0.2, 0.25) is 0 Å². The minimum atomic E-state index is -0.447. The molecular weight excluding hydrogens is 280 g/mol. The molecule has 4 nitrogen and oxygen atoms in total. The Balaban J connectivity index is 1.86. The Kier molecular flexibility index (Phi) is 4.98. The van der Waals surface area contributed by atoms with Crippen LogP contribution >= 0.6 is 0 Å². The number of rotatable bonds is 6. The van der Waals surface area contributed by atoms with Crippen molar-refractivity contribution in [3.8, 4) is 0 Å². The molecule has 0 unspecified atom stereocenters. The van der Waals surface area contributed by atoms with Crippen molar-refractivity contribution in [2.24, 2.45) is 11.8 Å². The van der Waals surface area contributed by atoms with Crippen molar-refractivity contribution in [2.75, 3.05) is 0 Å². The van der Waals surface area contributed by atoms with Gasteiger partial charge in [0.05, 0.1) is 0 Å². The third kappa shape index (κ3) is 3.36. The zero-order chi connectivity index (χ0) is 16.4. The normalized spacial score (nSPS) is 22.3. The Bertz CT molecular complexity index is 412. The summed E-state index contributed by atoms with van der Waals surface area (Å²) >= 11 is 0. The zero-order valence-corrected chi connectivity index (χ0v) is 14.2. The maximum absolute atomic E-state index is 11.9. The smallest absolute Gasteiger partial charge is 0.331 e. The Morgan fingerprint density at radius 1 is 0.773 bits per heavy atom. The van der Waals surface area contributed by atoms with E-state index in [1.165, 1.54) is 12.2 Å². The third-order valence-corrected chi connectivity index (χ3v) is 5.47. The summed E-state index contributed by atoms with van der Waals surface area (Å²) in [4.78, 5) is 23.9. The molecule has 0 heterocycles. The fraction of sp³-hybridized carbons (Fsp3) is 0.778.